The molecule has 2 aliphatic heterocycles. The van der Waals surface area contributed by atoms with Gasteiger partial charge in [-0.25, -0.2) is 13.6 Å². The van der Waals surface area contributed by atoms with Gasteiger partial charge in [0.25, 0.3) is 0 Å². The summed E-state index contributed by atoms with van der Waals surface area (Å²) >= 11 is 0. The molecule has 1 atom stereocenters. The number of benzene rings is 2. The van der Waals surface area contributed by atoms with Gasteiger partial charge in [0.1, 0.15) is 11.6 Å². The van der Waals surface area contributed by atoms with Crippen molar-refractivity contribution in [2.75, 3.05) is 25.1 Å². The molecule has 0 spiro atoms. The quantitative estimate of drug-likeness (QED) is 0.535. The second-order valence-corrected chi connectivity index (χ2v) is 9.03. The Morgan fingerprint density at radius 1 is 1.14 bits per heavy atom. The number of carbonyl (C=O) groups excluding carboxylic acids is 1. The van der Waals surface area contributed by atoms with Crippen LogP contribution in [-0.2, 0) is 11.2 Å². The van der Waals surface area contributed by atoms with Crippen LogP contribution in [0.4, 0.5) is 19.3 Å². The maximum Gasteiger partial charge on any atom is 0.414 e. The monoisotopic (exact) mass is 482 g/mol. The van der Waals surface area contributed by atoms with E-state index >= 15 is 0 Å². The zero-order chi connectivity index (χ0) is 24.5. The number of hydrogen-bond acceptors (Lipinski definition) is 5. The Hall–Kier alpha value is -3.46. The van der Waals surface area contributed by atoms with Gasteiger partial charge in [-0.1, -0.05) is 0 Å². The van der Waals surface area contributed by atoms with Crippen LogP contribution in [-0.4, -0.2) is 42.1 Å². The molecular weight excluding hydrogens is 454 g/mol. The fourth-order valence-electron chi connectivity index (χ4n) is 4.94. The molecule has 7 nitrogen and oxygen atoms in total. The van der Waals surface area contributed by atoms with E-state index in [1.54, 1.807) is 11.1 Å². The standard InChI is InChI=1S/C26H28F2N4O3/c1-16-3-5-21-23(32(16)26(33)34-2)7-6-20(25(21)35-24-8-4-18(27)13-22(24)28)17-14-30-31(15-17)19-9-11-29-12-10-19/h4,6-8,13-16,19,29H,3,5,9-12H2,1-2H3. The number of rotatable bonds is 4. The van der Waals surface area contributed by atoms with Crippen molar-refractivity contribution in [1.82, 2.24) is 15.1 Å². The molecule has 0 aliphatic carbocycles. The number of piperidine rings is 1. The predicted octanol–water partition coefficient (Wildman–Crippen LogP) is 5.45. The van der Waals surface area contributed by atoms with Crippen molar-refractivity contribution in [2.45, 2.75) is 44.7 Å². The molecule has 3 aromatic rings. The molecular formula is C26H28F2N4O3. The number of hydrogen-bond donors (Lipinski definition) is 1. The van der Waals surface area contributed by atoms with E-state index in [-0.39, 0.29) is 11.8 Å². The summed E-state index contributed by atoms with van der Waals surface area (Å²) in [6.45, 7) is 3.84. The molecule has 184 valence electrons. The number of methoxy groups -OCH3 is 1. The lowest BCUT2D eigenvalue weighted by atomic mass is 9.92. The van der Waals surface area contributed by atoms with E-state index in [0.29, 0.717) is 30.3 Å². The number of fused-ring (bicyclic) bond motifs is 1. The van der Waals surface area contributed by atoms with E-state index in [0.717, 1.165) is 54.8 Å². The van der Waals surface area contributed by atoms with Crippen molar-refractivity contribution in [3.05, 3.63) is 59.9 Å². The van der Waals surface area contributed by atoms with Gasteiger partial charge < -0.3 is 14.8 Å². The van der Waals surface area contributed by atoms with Crippen molar-refractivity contribution in [1.29, 1.82) is 0 Å². The first-order valence-electron chi connectivity index (χ1n) is 11.9. The van der Waals surface area contributed by atoms with E-state index in [2.05, 4.69) is 10.4 Å². The van der Waals surface area contributed by atoms with Crippen LogP contribution in [0, 0.1) is 11.6 Å². The van der Waals surface area contributed by atoms with Crippen molar-refractivity contribution in [3.63, 3.8) is 0 Å². The third kappa shape index (κ3) is 4.48. The Labute approximate surface area is 202 Å². The van der Waals surface area contributed by atoms with Crippen LogP contribution in [0.25, 0.3) is 11.1 Å². The Morgan fingerprint density at radius 2 is 1.94 bits per heavy atom. The van der Waals surface area contributed by atoms with Gasteiger partial charge in [-0.3, -0.25) is 9.58 Å². The third-order valence-corrected chi connectivity index (χ3v) is 6.82. The van der Waals surface area contributed by atoms with Crippen molar-refractivity contribution in [3.8, 4) is 22.6 Å². The van der Waals surface area contributed by atoms with Crippen molar-refractivity contribution < 1.29 is 23.0 Å². The molecule has 2 aromatic carbocycles. The molecule has 35 heavy (non-hydrogen) atoms. The largest absolute Gasteiger partial charge is 0.453 e. The summed E-state index contributed by atoms with van der Waals surface area (Å²) in [5.41, 5.74) is 2.98. The minimum Gasteiger partial charge on any atom is -0.453 e. The summed E-state index contributed by atoms with van der Waals surface area (Å²) in [4.78, 5) is 14.2. The molecule has 0 bridgehead atoms. The van der Waals surface area contributed by atoms with Crippen LogP contribution in [0.2, 0.25) is 0 Å². The summed E-state index contributed by atoms with van der Waals surface area (Å²) in [5, 5.41) is 7.96. The van der Waals surface area contributed by atoms with E-state index in [4.69, 9.17) is 9.47 Å². The highest BCUT2D eigenvalue weighted by molar-refractivity contribution is 5.92. The Kier molecular flexibility index (Phi) is 6.42. The number of nitrogens with zero attached hydrogens (tertiary/aromatic N) is 3. The van der Waals surface area contributed by atoms with Crippen LogP contribution in [0.3, 0.4) is 0 Å². The molecule has 1 unspecified atom stereocenters. The summed E-state index contributed by atoms with van der Waals surface area (Å²) in [6.07, 6.45) is 6.57. The molecule has 1 fully saturated rings. The van der Waals surface area contributed by atoms with Crippen LogP contribution < -0.4 is 15.0 Å². The molecule has 0 radical (unpaired) electrons. The van der Waals surface area contributed by atoms with E-state index in [1.165, 1.54) is 13.2 Å². The molecule has 9 heteroatoms. The number of amides is 1. The number of carbonyl (C=O) groups is 1. The van der Waals surface area contributed by atoms with E-state index < -0.39 is 17.7 Å². The lowest BCUT2D eigenvalue weighted by Crippen LogP contribution is -2.42. The molecule has 1 saturated heterocycles. The van der Waals surface area contributed by atoms with Gasteiger partial charge in [0, 0.05) is 35.0 Å². The molecule has 1 N–H and O–H groups in total. The normalized spacial score (nSPS) is 18.3. The lowest BCUT2D eigenvalue weighted by molar-refractivity contribution is 0.175. The highest BCUT2D eigenvalue weighted by Crippen LogP contribution is 2.45. The number of ether oxygens (including phenoxy) is 2. The topological polar surface area (TPSA) is 68.6 Å². The Balaban J connectivity index is 1.61. The number of anilines is 1. The first-order valence-corrected chi connectivity index (χ1v) is 11.9. The number of aromatic nitrogens is 2. The summed E-state index contributed by atoms with van der Waals surface area (Å²) in [6, 6.07) is 7.18. The average molecular weight is 483 g/mol. The molecule has 3 heterocycles. The minimum atomic E-state index is -0.798. The van der Waals surface area contributed by atoms with Gasteiger partial charge in [0.2, 0.25) is 0 Å². The Morgan fingerprint density at radius 3 is 2.69 bits per heavy atom. The summed E-state index contributed by atoms with van der Waals surface area (Å²) in [5.74, 6) is -1.14. The fourth-order valence-corrected chi connectivity index (χ4v) is 4.94. The summed E-state index contributed by atoms with van der Waals surface area (Å²) in [7, 11) is 1.35. The highest BCUT2D eigenvalue weighted by atomic mass is 19.1. The smallest absolute Gasteiger partial charge is 0.414 e. The third-order valence-electron chi connectivity index (χ3n) is 6.82. The minimum absolute atomic E-state index is 0.0705. The van der Waals surface area contributed by atoms with Gasteiger partial charge in [-0.05, 0) is 70.0 Å². The highest BCUT2D eigenvalue weighted by Gasteiger charge is 2.33. The maximum absolute atomic E-state index is 14.6. The summed E-state index contributed by atoms with van der Waals surface area (Å²) < 4.78 is 41.3. The number of halogens is 2. The first-order chi connectivity index (χ1) is 17.0. The van der Waals surface area contributed by atoms with Gasteiger partial charge in [-0.2, -0.15) is 5.10 Å². The molecule has 1 aromatic heterocycles. The van der Waals surface area contributed by atoms with Gasteiger partial charge in [0.15, 0.2) is 11.6 Å². The van der Waals surface area contributed by atoms with E-state index in [1.807, 2.05) is 29.9 Å². The Bertz CT molecular complexity index is 1240. The second-order valence-electron chi connectivity index (χ2n) is 9.03. The van der Waals surface area contributed by atoms with Crippen LogP contribution >= 0.6 is 0 Å². The average Bonchev–Trinajstić information content (AvgIpc) is 3.36. The second kappa shape index (κ2) is 9.65. The van der Waals surface area contributed by atoms with Crippen LogP contribution in [0.1, 0.15) is 37.8 Å². The van der Waals surface area contributed by atoms with Crippen LogP contribution in [0.5, 0.6) is 11.5 Å². The van der Waals surface area contributed by atoms with Gasteiger partial charge in [0.05, 0.1) is 25.0 Å². The SMILES string of the molecule is COC(=O)N1c2ccc(-c3cnn(C4CCNCC4)c3)c(Oc3ccc(F)cc3F)c2CCC1C. The zero-order valence-electron chi connectivity index (χ0n) is 19.8. The maximum atomic E-state index is 14.6. The van der Waals surface area contributed by atoms with Crippen molar-refractivity contribution >= 4 is 11.8 Å². The van der Waals surface area contributed by atoms with Crippen molar-refractivity contribution in [2.24, 2.45) is 0 Å². The zero-order valence-corrected chi connectivity index (χ0v) is 19.8. The van der Waals surface area contributed by atoms with Gasteiger partial charge in [-0.15, -0.1) is 0 Å². The molecule has 2 aliphatic rings. The van der Waals surface area contributed by atoms with Crippen LogP contribution in [0.15, 0.2) is 42.7 Å². The predicted molar refractivity (Wildman–Crippen MR) is 128 cm³/mol. The molecule has 5 rings (SSSR count). The van der Waals surface area contributed by atoms with Gasteiger partial charge >= 0.3 is 6.09 Å². The lowest BCUT2D eigenvalue weighted by Gasteiger charge is -2.35. The molecule has 0 saturated carbocycles. The molecule has 1 amide bonds. The first kappa shape index (κ1) is 23.3. The number of nitrogens with one attached hydrogen (secondary N) is 1. The van der Waals surface area contributed by atoms with E-state index in [9.17, 15) is 13.6 Å². The fraction of sp³-hybridized carbons (Fsp3) is 0.385.